The van der Waals surface area contributed by atoms with Crippen LogP contribution in [0.5, 0.6) is 0 Å². The number of hydrogen-bond acceptors (Lipinski definition) is 7. The molecule has 1 fully saturated rings. The summed E-state index contributed by atoms with van der Waals surface area (Å²) in [6.45, 7) is 5.07. The molecule has 0 aliphatic carbocycles. The van der Waals surface area contributed by atoms with E-state index in [0.717, 1.165) is 17.2 Å². The topological polar surface area (TPSA) is 98.4 Å². The van der Waals surface area contributed by atoms with Gasteiger partial charge in [-0.15, -0.1) is 0 Å². The first-order valence-corrected chi connectivity index (χ1v) is 13.4. The molecule has 0 saturated carbocycles. The van der Waals surface area contributed by atoms with E-state index in [-0.39, 0.29) is 24.9 Å². The summed E-state index contributed by atoms with van der Waals surface area (Å²) >= 11 is 5.40. The Morgan fingerprint density at radius 3 is 2.64 bits per heavy atom. The van der Waals surface area contributed by atoms with Crippen LogP contribution in [0.25, 0.3) is 0 Å². The fraction of sp³-hybridized carbons (Fsp3) is 0.440. The molecule has 0 aromatic heterocycles. The number of carbonyl (C=O) groups is 1. The van der Waals surface area contributed by atoms with Crippen molar-refractivity contribution in [3.8, 4) is 6.07 Å². The molecule has 0 bridgehead atoms. The number of fused-ring (bicyclic) bond motifs is 1. The Morgan fingerprint density at radius 1 is 1.42 bits per heavy atom. The first kappa shape index (κ1) is 29.4. The lowest BCUT2D eigenvalue weighted by molar-refractivity contribution is -0.136. The van der Waals surface area contributed by atoms with Crippen LogP contribution in [0.3, 0.4) is 0 Å². The largest absolute Gasteiger partial charge is 0.466 e. The van der Waals surface area contributed by atoms with Crippen LogP contribution in [0, 0.1) is 17.1 Å². The maximum atomic E-state index is 12.1. The van der Waals surface area contributed by atoms with Crippen LogP contribution in [-0.4, -0.2) is 70.0 Å². The minimum Gasteiger partial charge on any atom is -0.466 e. The Bertz CT molecular complexity index is 1110. The number of carbonyl (C=O) groups excluding carboxylic acids is 1. The van der Waals surface area contributed by atoms with E-state index in [9.17, 15) is 13.4 Å². The highest BCUT2D eigenvalue weighted by Crippen LogP contribution is 2.33. The van der Waals surface area contributed by atoms with Gasteiger partial charge in [0.1, 0.15) is 5.82 Å². The third-order valence-electron chi connectivity index (χ3n) is 5.23. The Hall–Kier alpha value is -2.87. The van der Waals surface area contributed by atoms with Crippen molar-refractivity contribution in [3.63, 3.8) is 0 Å². The lowest BCUT2D eigenvalue weighted by Gasteiger charge is -2.28. The van der Waals surface area contributed by atoms with E-state index in [1.54, 1.807) is 28.9 Å². The maximum absolute atomic E-state index is 12.1. The number of ether oxygens (including phenoxy) is 1. The van der Waals surface area contributed by atoms with Crippen molar-refractivity contribution in [2.24, 2.45) is 9.98 Å². The van der Waals surface area contributed by atoms with Gasteiger partial charge in [0.05, 0.1) is 48.5 Å². The van der Waals surface area contributed by atoms with Gasteiger partial charge in [-0.25, -0.2) is 17.7 Å². The summed E-state index contributed by atoms with van der Waals surface area (Å²) in [5.74, 6) is 0.0471. The van der Waals surface area contributed by atoms with Crippen LogP contribution in [0.1, 0.15) is 33.1 Å². The van der Waals surface area contributed by atoms with Crippen molar-refractivity contribution in [2.45, 2.75) is 39.2 Å². The zero-order valence-corrected chi connectivity index (χ0v) is 22.5. The van der Waals surface area contributed by atoms with Crippen molar-refractivity contribution >= 4 is 40.1 Å². The van der Waals surface area contributed by atoms with Crippen molar-refractivity contribution in [1.82, 2.24) is 9.21 Å². The molecule has 3 heterocycles. The Kier molecular flexibility index (Phi) is 11.9. The number of nitriles is 1. The second-order valence-electron chi connectivity index (χ2n) is 7.99. The average Bonchev–Trinajstić information content (AvgIpc) is 3.52. The minimum atomic E-state index is -1.28. The second-order valence-corrected chi connectivity index (χ2v) is 9.75. The van der Waals surface area contributed by atoms with Crippen LogP contribution in [0.4, 0.5) is 4.39 Å². The van der Waals surface area contributed by atoms with Crippen LogP contribution in [0.15, 0.2) is 57.8 Å². The molecule has 0 N–H and O–H groups in total. The number of rotatable bonds is 5. The van der Waals surface area contributed by atoms with Crippen molar-refractivity contribution in [3.05, 3.63) is 58.7 Å². The highest BCUT2D eigenvalue weighted by molar-refractivity contribution is 7.81. The predicted molar refractivity (Wildman–Crippen MR) is 141 cm³/mol. The molecule has 8 nitrogen and oxygen atoms in total. The van der Waals surface area contributed by atoms with Gasteiger partial charge < -0.3 is 9.64 Å². The molecular weight excluding hydrogens is 505 g/mol. The van der Waals surface area contributed by atoms with Crippen LogP contribution >= 0.6 is 11.6 Å². The van der Waals surface area contributed by atoms with Gasteiger partial charge in [-0.05, 0) is 18.2 Å². The number of nitrogens with zero attached hydrogens (tertiary/aromatic N) is 5. The lowest BCUT2D eigenvalue weighted by Crippen LogP contribution is -2.42. The molecule has 1 aromatic rings. The third-order valence-corrected chi connectivity index (χ3v) is 6.55. The molecular formula is C25H31ClFN5O3S. The smallest absolute Gasteiger partial charge is 0.337 e. The molecule has 0 radical (unpaired) electrons. The summed E-state index contributed by atoms with van der Waals surface area (Å²) in [5, 5.41) is 9.47. The molecule has 2 atom stereocenters. The summed E-state index contributed by atoms with van der Waals surface area (Å²) in [6.07, 6.45) is 7.72. The van der Waals surface area contributed by atoms with Gasteiger partial charge in [-0.3, -0.25) is 9.98 Å². The molecule has 0 amide bonds. The summed E-state index contributed by atoms with van der Waals surface area (Å²) in [7, 11) is 0.0667. The quantitative estimate of drug-likeness (QED) is 0.414. The number of esters is 1. The van der Waals surface area contributed by atoms with E-state index < -0.39 is 17.0 Å². The van der Waals surface area contributed by atoms with E-state index in [1.165, 1.54) is 25.7 Å². The summed E-state index contributed by atoms with van der Waals surface area (Å²) in [5.41, 5.74) is 2.19. The van der Waals surface area contributed by atoms with E-state index in [1.807, 2.05) is 11.0 Å². The number of halogens is 2. The van der Waals surface area contributed by atoms with Crippen molar-refractivity contribution in [2.75, 3.05) is 33.0 Å². The van der Waals surface area contributed by atoms with E-state index in [4.69, 9.17) is 21.6 Å². The molecule has 4 rings (SSSR count). The van der Waals surface area contributed by atoms with Gasteiger partial charge in [0, 0.05) is 48.6 Å². The average molecular weight is 536 g/mol. The predicted octanol–water partition coefficient (Wildman–Crippen LogP) is 4.27. The second kappa shape index (κ2) is 14.6. The van der Waals surface area contributed by atoms with Gasteiger partial charge in [-0.1, -0.05) is 44.0 Å². The minimum absolute atomic E-state index is 0.0669. The summed E-state index contributed by atoms with van der Waals surface area (Å²) in [6, 6.07) is 7.74. The van der Waals surface area contributed by atoms with Crippen molar-refractivity contribution < 1.29 is 18.1 Å². The Morgan fingerprint density at radius 2 is 2.14 bits per heavy atom. The van der Waals surface area contributed by atoms with Crippen molar-refractivity contribution in [1.29, 1.82) is 5.26 Å². The highest BCUT2D eigenvalue weighted by Gasteiger charge is 2.40. The maximum Gasteiger partial charge on any atom is 0.337 e. The van der Waals surface area contributed by atoms with Gasteiger partial charge in [0.15, 0.2) is 5.84 Å². The lowest BCUT2D eigenvalue weighted by atomic mass is 10.1. The fourth-order valence-corrected chi connectivity index (χ4v) is 4.74. The van der Waals surface area contributed by atoms with Gasteiger partial charge in [-0.2, -0.15) is 5.26 Å². The van der Waals surface area contributed by atoms with E-state index >= 15 is 0 Å². The third kappa shape index (κ3) is 7.82. The van der Waals surface area contributed by atoms with Crippen LogP contribution < -0.4 is 0 Å². The molecule has 3 aliphatic heterocycles. The Balaban J connectivity index is 0.000000345. The number of methoxy groups -OCH3 is 1. The Labute approximate surface area is 219 Å². The summed E-state index contributed by atoms with van der Waals surface area (Å²) in [4.78, 5) is 23.0. The SMILES string of the molecule is CCC.COC(=O)C1=C2CC(N(CC#N)S(C)=O)CN2C(C2=NC=CC2)=NC1.Fc1cccc(Cl)c1. The van der Waals surface area contributed by atoms with E-state index in [0.29, 0.717) is 30.0 Å². The molecule has 2 unspecified atom stereocenters. The van der Waals surface area contributed by atoms with Gasteiger partial charge >= 0.3 is 5.97 Å². The van der Waals surface area contributed by atoms with Crippen LogP contribution in [-0.2, 0) is 20.5 Å². The number of allylic oxidation sites excluding steroid dienone is 1. The first-order valence-electron chi connectivity index (χ1n) is 11.5. The molecule has 36 heavy (non-hydrogen) atoms. The zero-order chi connectivity index (χ0) is 26.7. The van der Waals surface area contributed by atoms with E-state index in [2.05, 4.69) is 29.9 Å². The standard InChI is InChI=1S/C16H19N5O3S.C6H4ClF.C3H8/c1-24-16(22)12-9-19-15(13-4-3-6-18-13)20-10-11(8-14(12)20)21(7-5-17)25(2)23;7-5-2-1-3-6(8)4-5;1-3-2/h3,6,11H,4,7-10H2,1-2H3;1-4H;3H2,1-2H3. The first-order chi connectivity index (χ1) is 17.3. The highest BCUT2D eigenvalue weighted by atomic mass is 35.5. The normalized spacial score (nSPS) is 18.7. The molecule has 1 saturated heterocycles. The number of amidine groups is 1. The number of hydrogen-bond donors (Lipinski definition) is 0. The monoisotopic (exact) mass is 535 g/mol. The zero-order valence-electron chi connectivity index (χ0n) is 20.9. The van der Waals surface area contributed by atoms with Gasteiger partial charge in [0.2, 0.25) is 0 Å². The molecule has 3 aliphatic rings. The van der Waals surface area contributed by atoms with Crippen LogP contribution in [0.2, 0.25) is 5.02 Å². The molecule has 1 aromatic carbocycles. The molecule has 194 valence electrons. The number of benzene rings is 1. The molecule has 0 spiro atoms. The van der Waals surface area contributed by atoms with Gasteiger partial charge in [0.25, 0.3) is 0 Å². The fourth-order valence-electron chi connectivity index (χ4n) is 3.76. The molecule has 11 heteroatoms. The number of aliphatic imine (C=N–C) groups is 2. The summed E-state index contributed by atoms with van der Waals surface area (Å²) < 4.78 is 30.6.